The molecule has 1 N–H and O–H groups in total. The summed E-state index contributed by atoms with van der Waals surface area (Å²) in [5.74, 6) is -0.663. The molecule has 0 spiro atoms. The molecular weight excluding hydrogens is 250 g/mol. The highest BCUT2D eigenvalue weighted by atomic mass is 16.4. The molecule has 2 aliphatic rings. The lowest BCUT2D eigenvalue weighted by Crippen LogP contribution is -2.64. The lowest BCUT2D eigenvalue weighted by molar-refractivity contribution is -0.154. The van der Waals surface area contributed by atoms with Crippen LogP contribution in [0.4, 0.5) is 0 Å². The van der Waals surface area contributed by atoms with Crippen molar-refractivity contribution in [1.82, 2.24) is 4.90 Å². The van der Waals surface area contributed by atoms with Crippen LogP contribution >= 0.6 is 0 Å². The summed E-state index contributed by atoms with van der Waals surface area (Å²) < 4.78 is 0. The van der Waals surface area contributed by atoms with Gasteiger partial charge in [-0.3, -0.25) is 9.69 Å². The van der Waals surface area contributed by atoms with Crippen molar-refractivity contribution in [1.29, 1.82) is 0 Å². The monoisotopic (exact) mass is 281 g/mol. The molecule has 3 heteroatoms. The Bertz CT molecular complexity index is 317. The van der Waals surface area contributed by atoms with E-state index in [4.69, 9.17) is 0 Å². The predicted octanol–water partition coefficient (Wildman–Crippen LogP) is 4.21. The third-order valence-corrected chi connectivity index (χ3v) is 5.77. The van der Waals surface area contributed by atoms with Crippen LogP contribution in [0, 0.1) is 0 Å². The summed E-state index contributed by atoms with van der Waals surface area (Å²) in [6, 6.07) is -0.374. The first-order chi connectivity index (χ1) is 9.39. The fourth-order valence-corrected chi connectivity index (χ4v) is 4.81. The Morgan fingerprint density at radius 1 is 0.900 bits per heavy atom. The number of carboxylic acids is 1. The van der Waals surface area contributed by atoms with E-state index in [0.29, 0.717) is 0 Å². The summed E-state index contributed by atoms with van der Waals surface area (Å²) in [7, 11) is 0. The average Bonchev–Trinajstić information content (AvgIpc) is 2.39. The van der Waals surface area contributed by atoms with Gasteiger partial charge in [0.15, 0.2) is 0 Å². The lowest BCUT2D eigenvalue weighted by Gasteiger charge is -2.56. The Morgan fingerprint density at radius 3 is 1.55 bits per heavy atom. The molecule has 1 atom stereocenters. The van der Waals surface area contributed by atoms with Crippen LogP contribution < -0.4 is 0 Å². The van der Waals surface area contributed by atoms with E-state index in [9.17, 15) is 9.90 Å². The zero-order valence-corrected chi connectivity index (χ0v) is 13.5. The summed E-state index contributed by atoms with van der Waals surface area (Å²) in [5.41, 5.74) is 0.143. The van der Waals surface area contributed by atoms with Gasteiger partial charge in [-0.05, 0) is 46.5 Å². The van der Waals surface area contributed by atoms with E-state index in [2.05, 4.69) is 18.7 Å². The summed E-state index contributed by atoms with van der Waals surface area (Å²) in [6.07, 6.45) is 12.2. The maximum absolute atomic E-state index is 11.7. The van der Waals surface area contributed by atoms with Crippen molar-refractivity contribution < 1.29 is 9.90 Å². The summed E-state index contributed by atoms with van der Waals surface area (Å²) in [5, 5.41) is 9.60. The first kappa shape index (κ1) is 15.8. The van der Waals surface area contributed by atoms with Crippen molar-refractivity contribution in [2.24, 2.45) is 0 Å². The van der Waals surface area contributed by atoms with Gasteiger partial charge in [-0.15, -0.1) is 0 Å². The largest absolute Gasteiger partial charge is 0.480 e. The van der Waals surface area contributed by atoms with Gasteiger partial charge in [0.2, 0.25) is 0 Å². The molecule has 0 bridgehead atoms. The molecule has 0 aliphatic heterocycles. The molecule has 1 unspecified atom stereocenters. The van der Waals surface area contributed by atoms with Gasteiger partial charge >= 0.3 is 5.97 Å². The highest BCUT2D eigenvalue weighted by molar-refractivity contribution is 5.73. The van der Waals surface area contributed by atoms with Crippen LogP contribution in [0.5, 0.6) is 0 Å². The highest BCUT2D eigenvalue weighted by Crippen LogP contribution is 2.44. The lowest BCUT2D eigenvalue weighted by atomic mass is 9.73. The molecule has 2 saturated carbocycles. The first-order valence-corrected chi connectivity index (χ1v) is 8.41. The third-order valence-electron chi connectivity index (χ3n) is 5.77. The van der Waals surface area contributed by atoms with Crippen molar-refractivity contribution in [2.75, 3.05) is 0 Å². The number of hydrogen-bond donors (Lipinski definition) is 1. The number of carbonyl (C=O) groups is 1. The molecule has 0 aromatic heterocycles. The number of rotatable bonds is 4. The summed E-state index contributed by atoms with van der Waals surface area (Å²) in [4.78, 5) is 14.1. The second kappa shape index (κ2) is 6.05. The minimum Gasteiger partial charge on any atom is -0.480 e. The van der Waals surface area contributed by atoms with Gasteiger partial charge < -0.3 is 5.11 Å². The van der Waals surface area contributed by atoms with E-state index < -0.39 is 5.97 Å². The average molecular weight is 281 g/mol. The number of carboxylic acid groups (broad SMARTS) is 1. The molecule has 0 amide bonds. The van der Waals surface area contributed by atoms with Crippen molar-refractivity contribution in [2.45, 2.75) is 102 Å². The van der Waals surface area contributed by atoms with E-state index in [1.54, 1.807) is 0 Å². The second-order valence-electron chi connectivity index (χ2n) is 7.50. The summed E-state index contributed by atoms with van der Waals surface area (Å²) >= 11 is 0. The first-order valence-electron chi connectivity index (χ1n) is 8.41. The van der Waals surface area contributed by atoms with Crippen LogP contribution in [0.3, 0.4) is 0 Å². The standard InChI is InChI=1S/C17H31NO2/c1-14(15(19)20)18(16(2)10-6-4-7-11-16)17(3)12-8-5-9-13-17/h14H,4-13H2,1-3H3,(H,19,20). The van der Waals surface area contributed by atoms with Crippen molar-refractivity contribution in [3.63, 3.8) is 0 Å². The van der Waals surface area contributed by atoms with Crippen molar-refractivity contribution in [3.8, 4) is 0 Å². The van der Waals surface area contributed by atoms with Gasteiger partial charge in [-0.2, -0.15) is 0 Å². The van der Waals surface area contributed by atoms with Crippen molar-refractivity contribution in [3.05, 3.63) is 0 Å². The van der Waals surface area contributed by atoms with Gasteiger partial charge in [-0.1, -0.05) is 38.5 Å². The minimum absolute atomic E-state index is 0.0716. The molecule has 20 heavy (non-hydrogen) atoms. The molecule has 3 nitrogen and oxygen atoms in total. The Balaban J connectivity index is 2.30. The van der Waals surface area contributed by atoms with Gasteiger partial charge in [0, 0.05) is 11.1 Å². The molecule has 0 aromatic rings. The number of nitrogens with zero attached hydrogens (tertiary/aromatic N) is 1. The van der Waals surface area contributed by atoms with E-state index >= 15 is 0 Å². The van der Waals surface area contributed by atoms with Crippen LogP contribution in [0.25, 0.3) is 0 Å². The van der Waals surface area contributed by atoms with Crippen LogP contribution in [-0.4, -0.2) is 33.1 Å². The molecule has 2 fully saturated rings. The maximum Gasteiger partial charge on any atom is 0.320 e. The van der Waals surface area contributed by atoms with Gasteiger partial charge in [0.25, 0.3) is 0 Å². The van der Waals surface area contributed by atoms with Gasteiger partial charge in [-0.25, -0.2) is 0 Å². The fourth-order valence-electron chi connectivity index (χ4n) is 4.81. The Morgan fingerprint density at radius 2 is 1.25 bits per heavy atom. The molecule has 0 saturated heterocycles. The number of hydrogen-bond acceptors (Lipinski definition) is 2. The van der Waals surface area contributed by atoms with E-state index in [1.807, 2.05) is 6.92 Å². The van der Waals surface area contributed by atoms with Crippen molar-refractivity contribution >= 4 is 5.97 Å². The van der Waals surface area contributed by atoms with Crippen LogP contribution in [0.2, 0.25) is 0 Å². The fraction of sp³-hybridized carbons (Fsp3) is 0.941. The third kappa shape index (κ3) is 3.03. The molecular formula is C17H31NO2. The Kier molecular flexibility index (Phi) is 4.78. The molecule has 2 rings (SSSR count). The topological polar surface area (TPSA) is 40.5 Å². The zero-order chi connectivity index (χ0) is 14.8. The Labute approximate surface area is 123 Å². The van der Waals surface area contributed by atoms with Crippen LogP contribution in [-0.2, 0) is 4.79 Å². The maximum atomic E-state index is 11.7. The normalized spacial score (nSPS) is 27.2. The highest BCUT2D eigenvalue weighted by Gasteiger charge is 2.47. The molecule has 0 radical (unpaired) electrons. The smallest absolute Gasteiger partial charge is 0.320 e. The van der Waals surface area contributed by atoms with E-state index in [-0.39, 0.29) is 17.1 Å². The Hall–Kier alpha value is -0.570. The number of aliphatic carboxylic acids is 1. The predicted molar refractivity (Wildman–Crippen MR) is 81.9 cm³/mol. The second-order valence-corrected chi connectivity index (χ2v) is 7.50. The van der Waals surface area contributed by atoms with E-state index in [1.165, 1.54) is 38.5 Å². The van der Waals surface area contributed by atoms with Crippen LogP contribution in [0.15, 0.2) is 0 Å². The molecule has 116 valence electrons. The zero-order valence-electron chi connectivity index (χ0n) is 13.5. The molecule has 0 aromatic carbocycles. The molecule has 0 heterocycles. The minimum atomic E-state index is -0.663. The summed E-state index contributed by atoms with van der Waals surface area (Å²) in [6.45, 7) is 6.51. The quantitative estimate of drug-likeness (QED) is 0.839. The molecule has 2 aliphatic carbocycles. The SMILES string of the molecule is CC(C(=O)O)N(C1(C)CCCCC1)C1(C)CCCCC1. The van der Waals surface area contributed by atoms with E-state index in [0.717, 1.165) is 25.7 Å². The van der Waals surface area contributed by atoms with Crippen LogP contribution in [0.1, 0.15) is 85.0 Å². The van der Waals surface area contributed by atoms with Gasteiger partial charge in [0.1, 0.15) is 6.04 Å². The van der Waals surface area contributed by atoms with Gasteiger partial charge in [0.05, 0.1) is 0 Å².